The van der Waals surface area contributed by atoms with Gasteiger partial charge in [0.2, 0.25) is 0 Å². The molecule has 0 aliphatic heterocycles. The zero-order valence-corrected chi connectivity index (χ0v) is 8.96. The van der Waals surface area contributed by atoms with E-state index in [4.69, 9.17) is 15.9 Å². The molecule has 0 saturated carbocycles. The van der Waals surface area contributed by atoms with Crippen molar-refractivity contribution >= 4 is 11.9 Å². The molecule has 0 fully saturated rings. The van der Waals surface area contributed by atoms with Crippen LogP contribution in [0.15, 0.2) is 0 Å². The summed E-state index contributed by atoms with van der Waals surface area (Å²) in [5.74, 6) is 0.380. The molecule has 0 aromatic carbocycles. The number of nitrogens with two attached hydrogens (primary N) is 1. The van der Waals surface area contributed by atoms with E-state index in [1.807, 2.05) is 13.8 Å². The molecule has 0 aromatic rings. The molecule has 0 aromatic heterocycles. The molecule has 5 nitrogen and oxygen atoms in total. The topological polar surface area (TPSA) is 88.2 Å². The van der Waals surface area contributed by atoms with Gasteiger partial charge in [0.15, 0.2) is 0 Å². The minimum absolute atomic E-state index is 0.0571. The van der Waals surface area contributed by atoms with Gasteiger partial charge in [0, 0.05) is 12.5 Å². The van der Waals surface area contributed by atoms with E-state index in [-0.39, 0.29) is 11.9 Å². The van der Waals surface area contributed by atoms with Gasteiger partial charge in [-0.05, 0) is 12.8 Å². The highest BCUT2D eigenvalue weighted by Gasteiger charge is 2.09. The molecule has 0 aliphatic rings. The highest BCUT2D eigenvalue weighted by atomic mass is 16.5. The Hall–Kier alpha value is -1.26. The average Bonchev–Trinajstić information content (AvgIpc) is 1.98. The lowest BCUT2D eigenvalue weighted by atomic mass is 10.2. The van der Waals surface area contributed by atoms with Crippen LogP contribution in [0.4, 0.5) is 4.79 Å². The Kier molecular flexibility index (Phi) is 5.67. The molecule has 4 N–H and O–H groups in total. The van der Waals surface area contributed by atoms with Crippen LogP contribution in [0.5, 0.6) is 0 Å². The largest absolute Gasteiger partial charge is 0.449 e. The lowest BCUT2D eigenvalue weighted by Gasteiger charge is -2.13. The second-order valence-electron chi connectivity index (χ2n) is 3.77. The molecule has 1 amide bonds. The van der Waals surface area contributed by atoms with Crippen molar-refractivity contribution in [2.45, 2.75) is 33.2 Å². The predicted octanol–water partition coefficient (Wildman–Crippen LogP) is 1.08. The Labute approximate surface area is 84.5 Å². The fraction of sp³-hybridized carbons (Fsp3) is 0.778. The average molecular weight is 201 g/mol. The monoisotopic (exact) mass is 201 g/mol. The maximum atomic E-state index is 11.1. The van der Waals surface area contributed by atoms with E-state index in [2.05, 4.69) is 5.32 Å². The van der Waals surface area contributed by atoms with Gasteiger partial charge >= 0.3 is 6.09 Å². The molecular weight excluding hydrogens is 182 g/mol. The molecule has 1 atom stereocenters. The Morgan fingerprint density at radius 3 is 2.50 bits per heavy atom. The van der Waals surface area contributed by atoms with Crippen LogP contribution in [0.1, 0.15) is 27.2 Å². The number of rotatable bonds is 5. The minimum Gasteiger partial charge on any atom is -0.449 e. The van der Waals surface area contributed by atoms with Gasteiger partial charge in [-0.25, -0.2) is 4.79 Å². The van der Waals surface area contributed by atoms with E-state index >= 15 is 0 Å². The van der Waals surface area contributed by atoms with Gasteiger partial charge in [-0.3, -0.25) is 5.41 Å². The lowest BCUT2D eigenvalue weighted by Crippen LogP contribution is -2.36. The highest BCUT2D eigenvalue weighted by Crippen LogP contribution is 1.95. The number of alkyl carbamates (subject to hydrolysis) is 1. The second kappa shape index (κ2) is 6.23. The van der Waals surface area contributed by atoms with Gasteiger partial charge in [-0.2, -0.15) is 0 Å². The van der Waals surface area contributed by atoms with Crippen molar-refractivity contribution < 1.29 is 9.53 Å². The molecule has 14 heavy (non-hydrogen) atoms. The SMILES string of the molecule is CC(C)COC(=O)NC(C)CC(=N)N. The minimum atomic E-state index is -0.451. The van der Waals surface area contributed by atoms with E-state index < -0.39 is 6.09 Å². The van der Waals surface area contributed by atoms with Crippen LogP contribution in [0.25, 0.3) is 0 Å². The molecule has 0 aliphatic carbocycles. The molecule has 0 saturated heterocycles. The fourth-order valence-corrected chi connectivity index (χ4v) is 0.866. The standard InChI is InChI=1S/C9H19N3O2/c1-6(2)5-14-9(13)12-7(3)4-8(10)11/h6-7H,4-5H2,1-3H3,(H3,10,11)(H,12,13). The zero-order valence-electron chi connectivity index (χ0n) is 8.96. The van der Waals surface area contributed by atoms with Crippen LogP contribution in [0.2, 0.25) is 0 Å². The Balaban J connectivity index is 3.66. The first-order chi connectivity index (χ1) is 6.41. The van der Waals surface area contributed by atoms with Crippen molar-refractivity contribution in [1.82, 2.24) is 5.32 Å². The summed E-state index contributed by atoms with van der Waals surface area (Å²) < 4.78 is 4.89. The van der Waals surface area contributed by atoms with E-state index in [1.165, 1.54) is 0 Å². The maximum Gasteiger partial charge on any atom is 0.407 e. The first kappa shape index (κ1) is 12.7. The van der Waals surface area contributed by atoms with E-state index in [0.29, 0.717) is 18.9 Å². The summed E-state index contributed by atoms with van der Waals surface area (Å²) >= 11 is 0. The van der Waals surface area contributed by atoms with Crippen LogP contribution >= 0.6 is 0 Å². The molecule has 0 bridgehead atoms. The van der Waals surface area contributed by atoms with Crippen LogP contribution in [0, 0.1) is 11.3 Å². The number of ether oxygens (including phenoxy) is 1. The van der Waals surface area contributed by atoms with E-state index in [1.54, 1.807) is 6.92 Å². The first-order valence-corrected chi connectivity index (χ1v) is 4.68. The number of carbonyl (C=O) groups excluding carboxylic acids is 1. The third-order valence-electron chi connectivity index (χ3n) is 1.44. The summed E-state index contributed by atoms with van der Waals surface area (Å²) in [6, 6.07) is -0.160. The molecule has 0 rings (SSSR count). The lowest BCUT2D eigenvalue weighted by molar-refractivity contribution is 0.130. The van der Waals surface area contributed by atoms with Crippen molar-refractivity contribution in [3.8, 4) is 0 Å². The molecule has 1 unspecified atom stereocenters. The summed E-state index contributed by atoms with van der Waals surface area (Å²) in [4.78, 5) is 11.1. The number of amidine groups is 1. The molecule has 0 spiro atoms. The van der Waals surface area contributed by atoms with Crippen LogP contribution in [-0.2, 0) is 4.74 Å². The number of amides is 1. The Bertz CT molecular complexity index is 204. The zero-order chi connectivity index (χ0) is 11.1. The van der Waals surface area contributed by atoms with Gasteiger partial charge in [-0.15, -0.1) is 0 Å². The molecule has 5 heteroatoms. The first-order valence-electron chi connectivity index (χ1n) is 4.68. The number of carbonyl (C=O) groups is 1. The molecular formula is C9H19N3O2. The van der Waals surface area contributed by atoms with Crippen molar-refractivity contribution in [3.05, 3.63) is 0 Å². The van der Waals surface area contributed by atoms with Crippen molar-refractivity contribution in [2.24, 2.45) is 11.7 Å². The van der Waals surface area contributed by atoms with Crippen molar-refractivity contribution in [2.75, 3.05) is 6.61 Å². The predicted molar refractivity (Wildman–Crippen MR) is 55.3 cm³/mol. The van der Waals surface area contributed by atoms with Crippen molar-refractivity contribution in [3.63, 3.8) is 0 Å². The third-order valence-corrected chi connectivity index (χ3v) is 1.44. The quantitative estimate of drug-likeness (QED) is 0.459. The van der Waals surface area contributed by atoms with Gasteiger partial charge < -0.3 is 15.8 Å². The maximum absolute atomic E-state index is 11.1. The number of nitrogens with one attached hydrogen (secondary N) is 2. The van der Waals surface area contributed by atoms with E-state index in [0.717, 1.165) is 0 Å². The normalized spacial score (nSPS) is 12.3. The summed E-state index contributed by atoms with van der Waals surface area (Å²) in [6.45, 7) is 6.11. The second-order valence-corrected chi connectivity index (χ2v) is 3.77. The smallest absolute Gasteiger partial charge is 0.407 e. The summed E-state index contributed by atoms with van der Waals surface area (Å²) in [5.41, 5.74) is 5.18. The molecule has 82 valence electrons. The van der Waals surface area contributed by atoms with Crippen LogP contribution in [-0.4, -0.2) is 24.6 Å². The molecule has 0 heterocycles. The van der Waals surface area contributed by atoms with Gasteiger partial charge in [0.25, 0.3) is 0 Å². The number of hydrogen-bond acceptors (Lipinski definition) is 3. The summed E-state index contributed by atoms with van der Waals surface area (Å²) in [5, 5.41) is 9.61. The van der Waals surface area contributed by atoms with Crippen LogP contribution in [0.3, 0.4) is 0 Å². The van der Waals surface area contributed by atoms with E-state index in [9.17, 15) is 4.79 Å². The summed E-state index contributed by atoms with van der Waals surface area (Å²) in [7, 11) is 0. The van der Waals surface area contributed by atoms with Gasteiger partial charge in [0.05, 0.1) is 12.4 Å². The van der Waals surface area contributed by atoms with Gasteiger partial charge in [-0.1, -0.05) is 13.8 Å². The highest BCUT2D eigenvalue weighted by molar-refractivity contribution is 5.78. The Morgan fingerprint density at radius 1 is 1.50 bits per heavy atom. The van der Waals surface area contributed by atoms with Gasteiger partial charge in [0.1, 0.15) is 0 Å². The summed E-state index contributed by atoms with van der Waals surface area (Å²) in [6.07, 6.45) is -0.107. The number of hydrogen-bond donors (Lipinski definition) is 3. The van der Waals surface area contributed by atoms with Crippen LogP contribution < -0.4 is 11.1 Å². The fourth-order valence-electron chi connectivity index (χ4n) is 0.866. The Morgan fingerprint density at radius 2 is 2.07 bits per heavy atom. The third kappa shape index (κ3) is 7.39. The molecule has 0 radical (unpaired) electrons. The van der Waals surface area contributed by atoms with Crippen molar-refractivity contribution in [1.29, 1.82) is 5.41 Å².